The average Bonchev–Trinajstić information content (AvgIpc) is 2.94. The Hall–Kier alpha value is -3.56. The Balaban J connectivity index is 2.09. The van der Waals surface area contributed by atoms with E-state index in [9.17, 15) is 18.0 Å². The SMILES string of the molecule is CC[C@@H](C)NC(=O)[C@@H](Cc1ccccc1)N(Cc1ccccc1Cl)C(=O)CN(c1ccccc1OC)S(C)(=O)=O. The van der Waals surface area contributed by atoms with E-state index in [1.807, 2.05) is 44.2 Å². The lowest BCUT2D eigenvalue weighted by Gasteiger charge is -2.34. The molecule has 2 atom stereocenters. The number of para-hydroxylation sites is 2. The summed E-state index contributed by atoms with van der Waals surface area (Å²) in [5, 5.41) is 3.44. The fourth-order valence-corrected chi connectivity index (χ4v) is 5.28. The number of ether oxygens (including phenoxy) is 1. The molecule has 0 heterocycles. The van der Waals surface area contributed by atoms with Crippen molar-refractivity contribution in [3.63, 3.8) is 0 Å². The highest BCUT2D eigenvalue weighted by Gasteiger charge is 2.34. The van der Waals surface area contributed by atoms with Crippen molar-refractivity contribution in [1.82, 2.24) is 10.2 Å². The largest absolute Gasteiger partial charge is 0.495 e. The first-order valence-corrected chi connectivity index (χ1v) is 15.3. The number of sulfonamides is 1. The molecule has 0 unspecified atom stereocenters. The van der Waals surface area contributed by atoms with E-state index >= 15 is 0 Å². The van der Waals surface area contributed by atoms with Gasteiger partial charge >= 0.3 is 0 Å². The molecular weight excluding hydrogens is 550 g/mol. The van der Waals surface area contributed by atoms with Crippen LogP contribution in [0.2, 0.25) is 5.02 Å². The average molecular weight is 586 g/mol. The molecule has 214 valence electrons. The van der Waals surface area contributed by atoms with Crippen LogP contribution in [0.5, 0.6) is 5.75 Å². The minimum atomic E-state index is -3.91. The van der Waals surface area contributed by atoms with Crippen molar-refractivity contribution < 1.29 is 22.7 Å². The second-order valence-electron chi connectivity index (χ2n) is 9.58. The molecule has 0 spiro atoms. The summed E-state index contributed by atoms with van der Waals surface area (Å²) in [6, 6.07) is 22.0. The molecule has 2 amide bonds. The predicted octanol–water partition coefficient (Wildman–Crippen LogP) is 4.67. The Morgan fingerprint density at radius 2 is 1.60 bits per heavy atom. The van der Waals surface area contributed by atoms with E-state index in [2.05, 4.69) is 5.32 Å². The first-order valence-electron chi connectivity index (χ1n) is 13.0. The van der Waals surface area contributed by atoms with E-state index in [0.717, 1.165) is 16.1 Å². The molecule has 8 nitrogen and oxygen atoms in total. The van der Waals surface area contributed by atoms with Crippen LogP contribution in [0.3, 0.4) is 0 Å². The molecule has 0 aromatic heterocycles. The molecule has 3 rings (SSSR count). The number of anilines is 1. The summed E-state index contributed by atoms with van der Waals surface area (Å²) in [5.74, 6) is -0.591. The third-order valence-corrected chi connectivity index (χ3v) is 8.10. The number of carbonyl (C=O) groups excluding carboxylic acids is 2. The molecule has 0 aliphatic heterocycles. The van der Waals surface area contributed by atoms with Crippen molar-refractivity contribution in [2.45, 2.75) is 45.3 Å². The summed E-state index contributed by atoms with van der Waals surface area (Å²) in [6.45, 7) is 3.32. The van der Waals surface area contributed by atoms with Gasteiger partial charge in [-0.3, -0.25) is 13.9 Å². The summed E-state index contributed by atoms with van der Waals surface area (Å²) >= 11 is 6.48. The fraction of sp³-hybridized carbons (Fsp3) is 0.333. The van der Waals surface area contributed by atoms with Gasteiger partial charge in [0.15, 0.2) is 0 Å². The van der Waals surface area contributed by atoms with Crippen LogP contribution in [0.4, 0.5) is 5.69 Å². The maximum Gasteiger partial charge on any atom is 0.244 e. The zero-order valence-electron chi connectivity index (χ0n) is 23.2. The van der Waals surface area contributed by atoms with Crippen molar-refractivity contribution >= 4 is 39.1 Å². The lowest BCUT2D eigenvalue weighted by atomic mass is 10.0. The van der Waals surface area contributed by atoms with Gasteiger partial charge in [0.2, 0.25) is 21.8 Å². The van der Waals surface area contributed by atoms with E-state index in [1.165, 1.54) is 12.0 Å². The third kappa shape index (κ3) is 8.22. The molecule has 10 heteroatoms. The molecule has 0 aliphatic rings. The number of benzene rings is 3. The Bertz CT molecular complexity index is 1400. The Morgan fingerprint density at radius 3 is 2.23 bits per heavy atom. The van der Waals surface area contributed by atoms with Gasteiger partial charge in [-0.15, -0.1) is 0 Å². The van der Waals surface area contributed by atoms with Crippen molar-refractivity contribution in [1.29, 1.82) is 0 Å². The highest BCUT2D eigenvalue weighted by Crippen LogP contribution is 2.30. The van der Waals surface area contributed by atoms with E-state index in [-0.39, 0.29) is 30.6 Å². The number of hydrogen-bond acceptors (Lipinski definition) is 5. The number of methoxy groups -OCH3 is 1. The number of carbonyl (C=O) groups is 2. The monoisotopic (exact) mass is 585 g/mol. The number of rotatable bonds is 13. The van der Waals surface area contributed by atoms with Crippen LogP contribution in [0.15, 0.2) is 78.9 Å². The zero-order valence-corrected chi connectivity index (χ0v) is 24.8. The minimum Gasteiger partial charge on any atom is -0.495 e. The lowest BCUT2D eigenvalue weighted by molar-refractivity contribution is -0.140. The van der Waals surface area contributed by atoms with Gasteiger partial charge in [-0.2, -0.15) is 0 Å². The van der Waals surface area contributed by atoms with Crippen molar-refractivity contribution in [2.24, 2.45) is 0 Å². The smallest absolute Gasteiger partial charge is 0.244 e. The highest BCUT2D eigenvalue weighted by molar-refractivity contribution is 7.92. The summed E-state index contributed by atoms with van der Waals surface area (Å²) in [4.78, 5) is 29.3. The van der Waals surface area contributed by atoms with Gasteiger partial charge in [0, 0.05) is 24.0 Å². The molecular formula is C30H36ClN3O5S. The van der Waals surface area contributed by atoms with Crippen LogP contribution < -0.4 is 14.4 Å². The first-order chi connectivity index (χ1) is 19.0. The quantitative estimate of drug-likeness (QED) is 0.314. The number of nitrogens with one attached hydrogen (secondary N) is 1. The van der Waals surface area contributed by atoms with Gasteiger partial charge in [0.25, 0.3) is 0 Å². The maximum atomic E-state index is 14.1. The molecule has 0 fully saturated rings. The van der Waals surface area contributed by atoms with Gasteiger partial charge in [-0.25, -0.2) is 8.42 Å². The molecule has 0 saturated carbocycles. The van der Waals surface area contributed by atoms with E-state index in [0.29, 0.717) is 22.8 Å². The van der Waals surface area contributed by atoms with Crippen molar-refractivity contribution in [3.05, 3.63) is 95.0 Å². The Morgan fingerprint density at radius 1 is 0.975 bits per heavy atom. The summed E-state index contributed by atoms with van der Waals surface area (Å²) in [6.07, 6.45) is 1.97. The van der Waals surface area contributed by atoms with E-state index < -0.39 is 28.5 Å². The first kappa shape index (κ1) is 31.0. The van der Waals surface area contributed by atoms with Crippen LogP contribution in [0.1, 0.15) is 31.4 Å². The van der Waals surface area contributed by atoms with Gasteiger partial charge in [0.1, 0.15) is 18.3 Å². The normalized spacial score (nSPS) is 12.7. The van der Waals surface area contributed by atoms with Gasteiger partial charge in [0.05, 0.1) is 19.1 Å². The standard InChI is InChI=1S/C30H36ClN3O5S/c1-5-22(2)32-30(36)27(19-23-13-7-6-8-14-23)33(20-24-15-9-10-16-25(24)31)29(35)21-34(40(4,37)38)26-17-11-12-18-28(26)39-3/h6-18,22,27H,5,19-21H2,1-4H3,(H,32,36)/t22-,27-/m1/s1. The Labute approximate surface area is 241 Å². The Kier molecular flexibility index (Phi) is 11.0. The van der Waals surface area contributed by atoms with Crippen LogP contribution >= 0.6 is 11.6 Å². The molecule has 3 aromatic carbocycles. The number of nitrogens with zero attached hydrogens (tertiary/aromatic N) is 2. The van der Waals surface area contributed by atoms with Gasteiger partial charge < -0.3 is 15.0 Å². The van der Waals surface area contributed by atoms with Crippen LogP contribution in [-0.4, -0.2) is 57.1 Å². The molecule has 0 bridgehead atoms. The van der Waals surface area contributed by atoms with Crippen molar-refractivity contribution in [2.75, 3.05) is 24.2 Å². The highest BCUT2D eigenvalue weighted by atomic mass is 35.5. The zero-order chi connectivity index (χ0) is 29.3. The molecule has 0 radical (unpaired) electrons. The molecule has 40 heavy (non-hydrogen) atoms. The molecule has 3 aromatic rings. The van der Waals surface area contributed by atoms with Crippen LogP contribution in [0, 0.1) is 0 Å². The van der Waals surface area contributed by atoms with Crippen LogP contribution in [-0.2, 0) is 32.6 Å². The van der Waals surface area contributed by atoms with Crippen LogP contribution in [0.25, 0.3) is 0 Å². The number of hydrogen-bond donors (Lipinski definition) is 1. The molecule has 1 N–H and O–H groups in total. The topological polar surface area (TPSA) is 96.0 Å². The van der Waals surface area contributed by atoms with E-state index in [4.69, 9.17) is 16.3 Å². The molecule has 0 saturated heterocycles. The summed E-state index contributed by atoms with van der Waals surface area (Å²) < 4.78 is 32.3. The second kappa shape index (κ2) is 14.2. The minimum absolute atomic E-state index is 0.00740. The summed E-state index contributed by atoms with van der Waals surface area (Å²) in [5.41, 5.74) is 1.71. The second-order valence-corrected chi connectivity index (χ2v) is 11.9. The number of halogens is 1. The predicted molar refractivity (Wildman–Crippen MR) is 159 cm³/mol. The molecule has 0 aliphatic carbocycles. The number of amides is 2. The maximum absolute atomic E-state index is 14.1. The summed E-state index contributed by atoms with van der Waals surface area (Å²) in [7, 11) is -2.48. The fourth-order valence-electron chi connectivity index (χ4n) is 4.24. The van der Waals surface area contributed by atoms with Crippen molar-refractivity contribution in [3.8, 4) is 5.75 Å². The lowest BCUT2D eigenvalue weighted by Crippen LogP contribution is -2.54. The van der Waals surface area contributed by atoms with Gasteiger partial charge in [-0.05, 0) is 42.7 Å². The third-order valence-electron chi connectivity index (χ3n) is 6.60. The van der Waals surface area contributed by atoms with Gasteiger partial charge in [-0.1, -0.05) is 79.2 Å². The van der Waals surface area contributed by atoms with E-state index in [1.54, 1.807) is 48.5 Å².